The molecule has 2 N–H and O–H groups in total. The average molecular weight is 599 g/mol. The highest BCUT2D eigenvalue weighted by Gasteiger charge is 2.18. The maximum Gasteiger partial charge on any atom is 0.339 e. The predicted molar refractivity (Wildman–Crippen MR) is 168 cm³/mol. The van der Waals surface area contributed by atoms with Crippen molar-refractivity contribution in [1.29, 1.82) is 0 Å². The second-order valence-corrected chi connectivity index (χ2v) is 10.1. The first-order valence-electron chi connectivity index (χ1n) is 14.8. The van der Waals surface area contributed by atoms with Crippen molar-refractivity contribution in [2.75, 3.05) is 19.8 Å². The number of carbonyl (C=O) groups excluding carboxylic acids is 1. The van der Waals surface area contributed by atoms with Gasteiger partial charge in [-0.15, -0.1) is 0 Å². The molecule has 0 spiro atoms. The summed E-state index contributed by atoms with van der Waals surface area (Å²) in [6.07, 6.45) is 2.76. The third kappa shape index (κ3) is 8.39. The molecular formula is C36H38O8. The van der Waals surface area contributed by atoms with E-state index < -0.39 is 18.4 Å². The van der Waals surface area contributed by atoms with Crippen LogP contribution in [-0.2, 0) is 19.4 Å². The van der Waals surface area contributed by atoms with Gasteiger partial charge in [0.25, 0.3) is 0 Å². The van der Waals surface area contributed by atoms with Crippen LogP contribution in [0.2, 0.25) is 0 Å². The number of hydrogen-bond donors (Lipinski definition) is 2. The van der Waals surface area contributed by atoms with Crippen LogP contribution in [0.25, 0.3) is 0 Å². The molecule has 8 nitrogen and oxygen atoms in total. The van der Waals surface area contributed by atoms with E-state index in [1.54, 1.807) is 30.3 Å². The number of carboxylic acid groups (broad SMARTS) is 1. The van der Waals surface area contributed by atoms with E-state index in [9.17, 15) is 19.8 Å². The van der Waals surface area contributed by atoms with Crippen molar-refractivity contribution < 1.29 is 38.7 Å². The van der Waals surface area contributed by atoms with E-state index in [-0.39, 0.29) is 17.9 Å². The molecule has 4 aromatic rings. The Morgan fingerprint density at radius 3 is 2.09 bits per heavy atom. The molecule has 0 saturated heterocycles. The molecule has 0 heterocycles. The first kappa shape index (κ1) is 32.1. The summed E-state index contributed by atoms with van der Waals surface area (Å²) in [5, 5.41) is 19.1. The van der Waals surface area contributed by atoms with Gasteiger partial charge in [0.05, 0.1) is 18.8 Å². The predicted octanol–water partition coefficient (Wildman–Crippen LogP) is 7.29. The number of carbonyl (C=O) groups is 2. The fourth-order valence-electron chi connectivity index (χ4n) is 4.72. The Morgan fingerprint density at radius 2 is 1.39 bits per heavy atom. The number of hydrogen-bond acceptors (Lipinski definition) is 7. The minimum atomic E-state index is -1.05. The van der Waals surface area contributed by atoms with Gasteiger partial charge in [-0.25, -0.2) is 4.79 Å². The van der Waals surface area contributed by atoms with Crippen molar-refractivity contribution in [2.24, 2.45) is 0 Å². The fraction of sp³-hybridized carbons (Fsp3) is 0.278. The van der Waals surface area contributed by atoms with E-state index in [2.05, 4.69) is 6.92 Å². The molecular weight excluding hydrogens is 560 g/mol. The van der Waals surface area contributed by atoms with Gasteiger partial charge in [0.15, 0.2) is 5.78 Å². The Hall–Kier alpha value is -4.82. The lowest BCUT2D eigenvalue weighted by atomic mass is 10.0. The highest BCUT2D eigenvalue weighted by atomic mass is 16.5. The van der Waals surface area contributed by atoms with Crippen molar-refractivity contribution in [3.8, 4) is 28.7 Å². The largest absolute Gasteiger partial charge is 0.493 e. The molecule has 4 rings (SSSR count). The van der Waals surface area contributed by atoms with E-state index in [0.717, 1.165) is 23.1 Å². The highest BCUT2D eigenvalue weighted by molar-refractivity contribution is 6.00. The van der Waals surface area contributed by atoms with Crippen LogP contribution in [0.3, 0.4) is 0 Å². The molecule has 0 atom stereocenters. The molecule has 0 saturated carbocycles. The number of ether oxygens (including phenoxy) is 4. The van der Waals surface area contributed by atoms with Crippen LogP contribution in [-0.4, -0.2) is 41.8 Å². The van der Waals surface area contributed by atoms with Gasteiger partial charge in [-0.1, -0.05) is 68.8 Å². The lowest BCUT2D eigenvalue weighted by Gasteiger charge is -2.18. The normalized spacial score (nSPS) is 10.7. The lowest BCUT2D eigenvalue weighted by Crippen LogP contribution is -2.11. The average Bonchev–Trinajstić information content (AvgIpc) is 3.05. The van der Waals surface area contributed by atoms with Crippen LogP contribution < -0.4 is 18.9 Å². The van der Waals surface area contributed by atoms with E-state index in [1.165, 1.54) is 6.07 Å². The third-order valence-electron chi connectivity index (χ3n) is 6.96. The number of para-hydroxylation sites is 1. The lowest BCUT2D eigenvalue weighted by molar-refractivity contribution is 0.0693. The van der Waals surface area contributed by atoms with Gasteiger partial charge in [0.1, 0.15) is 47.5 Å². The maximum absolute atomic E-state index is 12.5. The number of ketones is 1. The summed E-state index contributed by atoms with van der Waals surface area (Å²) in [6.45, 7) is 4.44. The summed E-state index contributed by atoms with van der Waals surface area (Å²) < 4.78 is 24.3. The molecule has 0 bridgehead atoms. The fourth-order valence-corrected chi connectivity index (χ4v) is 4.72. The summed E-state index contributed by atoms with van der Waals surface area (Å²) in [7, 11) is 0. The zero-order valence-corrected chi connectivity index (χ0v) is 25.1. The molecule has 44 heavy (non-hydrogen) atoms. The Bertz CT molecular complexity index is 1550. The number of rotatable bonds is 17. The molecule has 0 aliphatic rings. The van der Waals surface area contributed by atoms with Crippen molar-refractivity contribution in [3.63, 3.8) is 0 Å². The van der Waals surface area contributed by atoms with Gasteiger partial charge >= 0.3 is 5.97 Å². The highest BCUT2D eigenvalue weighted by Crippen LogP contribution is 2.35. The quantitative estimate of drug-likeness (QED) is 0.0963. The molecule has 0 amide bonds. The van der Waals surface area contributed by atoms with Gasteiger partial charge in [0.2, 0.25) is 0 Å². The summed E-state index contributed by atoms with van der Waals surface area (Å²) in [4.78, 5) is 24.1. The molecule has 0 aliphatic heterocycles. The monoisotopic (exact) mass is 598 g/mol. The molecule has 8 heteroatoms. The van der Waals surface area contributed by atoms with Crippen molar-refractivity contribution in [1.82, 2.24) is 0 Å². The van der Waals surface area contributed by atoms with E-state index in [0.29, 0.717) is 61.0 Å². The Morgan fingerprint density at radius 1 is 0.705 bits per heavy atom. The molecule has 0 aliphatic carbocycles. The third-order valence-corrected chi connectivity index (χ3v) is 6.96. The smallest absolute Gasteiger partial charge is 0.339 e. The Kier molecular flexibility index (Phi) is 11.8. The van der Waals surface area contributed by atoms with Crippen LogP contribution in [0.4, 0.5) is 0 Å². The number of aliphatic hydroxyl groups excluding tert-OH is 1. The minimum absolute atomic E-state index is 0.0900. The summed E-state index contributed by atoms with van der Waals surface area (Å²) in [6, 6.07) is 25.2. The number of aromatic carboxylic acids is 1. The van der Waals surface area contributed by atoms with Gasteiger partial charge in [0, 0.05) is 18.1 Å². The Labute approximate surface area is 257 Å². The zero-order chi connectivity index (χ0) is 31.3. The first-order chi connectivity index (χ1) is 21.4. The Balaban J connectivity index is 1.42. The standard InChI is InChI=1S/C36H38O8/c1-3-12-27-31(17-10-18-32(27)44-33-16-9-8-15-28(33)36(39)40)41-19-11-20-42-34-22-35(43-24-25-13-6-5-7-14-25)29(30(38)23-37)21-26(34)4-2/h5-10,13-18,21-22,37H,3-4,11-12,19-20,23-24H2,1-2H3,(H,39,40). The second-order valence-electron chi connectivity index (χ2n) is 10.1. The van der Waals surface area contributed by atoms with E-state index in [1.807, 2.05) is 55.5 Å². The molecule has 0 fully saturated rings. The topological polar surface area (TPSA) is 112 Å². The zero-order valence-electron chi connectivity index (χ0n) is 25.1. The molecule has 230 valence electrons. The molecule has 0 radical (unpaired) electrons. The van der Waals surface area contributed by atoms with Crippen LogP contribution in [0.5, 0.6) is 28.7 Å². The molecule has 4 aromatic carbocycles. The van der Waals surface area contributed by atoms with Crippen molar-refractivity contribution in [3.05, 3.63) is 113 Å². The first-order valence-corrected chi connectivity index (χ1v) is 14.8. The summed E-state index contributed by atoms with van der Waals surface area (Å²) in [5.41, 5.74) is 3.08. The maximum atomic E-state index is 12.5. The van der Waals surface area contributed by atoms with Crippen molar-refractivity contribution >= 4 is 11.8 Å². The minimum Gasteiger partial charge on any atom is -0.493 e. The summed E-state index contributed by atoms with van der Waals surface area (Å²) in [5.74, 6) is 1.01. The van der Waals surface area contributed by atoms with Gasteiger partial charge in [-0.2, -0.15) is 0 Å². The van der Waals surface area contributed by atoms with Crippen LogP contribution in [0.1, 0.15) is 64.1 Å². The van der Waals surface area contributed by atoms with Crippen LogP contribution in [0, 0.1) is 0 Å². The number of aliphatic hydroxyl groups is 1. The number of benzene rings is 4. The molecule has 0 aromatic heterocycles. The van der Waals surface area contributed by atoms with E-state index in [4.69, 9.17) is 18.9 Å². The summed E-state index contributed by atoms with van der Waals surface area (Å²) >= 11 is 0. The van der Waals surface area contributed by atoms with E-state index >= 15 is 0 Å². The number of aryl methyl sites for hydroxylation is 1. The van der Waals surface area contributed by atoms with Crippen LogP contribution in [0.15, 0.2) is 84.9 Å². The van der Waals surface area contributed by atoms with Gasteiger partial charge < -0.3 is 29.2 Å². The number of carboxylic acids is 1. The van der Waals surface area contributed by atoms with Crippen molar-refractivity contribution in [2.45, 2.75) is 46.1 Å². The second kappa shape index (κ2) is 16.1. The van der Waals surface area contributed by atoms with Gasteiger partial charge in [-0.3, -0.25) is 4.79 Å². The molecule has 0 unspecified atom stereocenters. The van der Waals surface area contributed by atoms with Crippen LogP contribution >= 0.6 is 0 Å². The van der Waals surface area contributed by atoms with Gasteiger partial charge in [-0.05, 0) is 54.3 Å². The SMILES string of the molecule is CCCc1c(OCCCOc2cc(OCc3ccccc3)c(C(=O)CO)cc2CC)cccc1Oc1ccccc1C(=O)O. The number of Topliss-reactive ketones (excluding diaryl/α,β-unsaturated/α-hetero) is 1.